The minimum atomic E-state index is -0.363. The third-order valence-electron chi connectivity index (χ3n) is 1.31. The molecule has 0 aliphatic rings. The van der Waals surface area contributed by atoms with Crippen molar-refractivity contribution in [2.45, 2.75) is 6.54 Å². The molecule has 0 saturated carbocycles. The molecule has 0 saturated heterocycles. The second-order valence-corrected chi connectivity index (χ2v) is 2.78. The van der Waals surface area contributed by atoms with Crippen LogP contribution in [0.1, 0.15) is 5.56 Å². The van der Waals surface area contributed by atoms with Crippen LogP contribution in [-0.4, -0.2) is 0 Å². The fraction of sp³-hybridized carbons (Fsp3) is 0.143. The van der Waals surface area contributed by atoms with Crippen LogP contribution in [0.5, 0.6) is 0 Å². The zero-order chi connectivity index (χ0) is 7.40. The van der Waals surface area contributed by atoms with E-state index in [-0.39, 0.29) is 8.46 Å². The molecule has 1 rings (SSSR count). The highest BCUT2D eigenvalue weighted by Crippen LogP contribution is 1.99. The first kappa shape index (κ1) is 7.39. The highest BCUT2D eigenvalue weighted by Gasteiger charge is 1.96. The molecular formula is C7H9NOP+. The molecule has 0 spiro atoms. The van der Waals surface area contributed by atoms with Crippen molar-refractivity contribution in [3.8, 4) is 0 Å². The van der Waals surface area contributed by atoms with E-state index in [1.165, 1.54) is 0 Å². The van der Waals surface area contributed by atoms with Crippen LogP contribution in [0, 0.1) is 0 Å². The first-order valence-corrected chi connectivity index (χ1v) is 3.95. The minimum absolute atomic E-state index is 0.363. The Bertz CT molecular complexity index is 220. The van der Waals surface area contributed by atoms with E-state index in [9.17, 15) is 4.57 Å². The molecule has 1 aromatic carbocycles. The van der Waals surface area contributed by atoms with Crippen molar-refractivity contribution in [2.75, 3.05) is 0 Å². The van der Waals surface area contributed by atoms with Crippen molar-refractivity contribution in [2.24, 2.45) is 5.73 Å². The van der Waals surface area contributed by atoms with Crippen molar-refractivity contribution in [3.05, 3.63) is 29.8 Å². The minimum Gasteiger partial charge on any atom is -0.326 e. The lowest BCUT2D eigenvalue weighted by Gasteiger charge is -1.90. The zero-order valence-electron chi connectivity index (χ0n) is 5.50. The molecule has 0 radical (unpaired) electrons. The highest BCUT2D eigenvalue weighted by atomic mass is 31.1. The Labute approximate surface area is 61.3 Å². The Morgan fingerprint density at radius 2 is 1.90 bits per heavy atom. The molecule has 0 aliphatic heterocycles. The van der Waals surface area contributed by atoms with Crippen LogP contribution in [0.2, 0.25) is 0 Å². The predicted octanol–water partition coefficient (Wildman–Crippen LogP) is 0.795. The Kier molecular flexibility index (Phi) is 2.55. The quantitative estimate of drug-likeness (QED) is 0.640. The second kappa shape index (κ2) is 3.45. The van der Waals surface area contributed by atoms with Gasteiger partial charge in [0, 0.05) is 6.54 Å². The molecule has 1 unspecified atom stereocenters. The number of hydrogen-bond acceptors (Lipinski definition) is 2. The van der Waals surface area contributed by atoms with E-state index < -0.39 is 0 Å². The number of nitrogens with two attached hydrogens (primary N) is 1. The molecule has 2 nitrogen and oxygen atoms in total. The summed E-state index contributed by atoms with van der Waals surface area (Å²) >= 11 is 0. The largest absolute Gasteiger partial charge is 0.363 e. The van der Waals surface area contributed by atoms with Gasteiger partial charge in [0.2, 0.25) is 0 Å². The molecule has 3 heteroatoms. The Morgan fingerprint density at radius 3 is 2.30 bits per heavy atom. The van der Waals surface area contributed by atoms with Gasteiger partial charge in [-0.05, 0) is 17.7 Å². The number of rotatable bonds is 2. The van der Waals surface area contributed by atoms with Gasteiger partial charge in [0.05, 0.1) is 0 Å². The fourth-order valence-corrected chi connectivity index (χ4v) is 1.01. The summed E-state index contributed by atoms with van der Waals surface area (Å²) < 4.78 is 10.3. The topological polar surface area (TPSA) is 43.1 Å². The maximum atomic E-state index is 10.3. The van der Waals surface area contributed by atoms with Crippen LogP contribution < -0.4 is 11.0 Å². The van der Waals surface area contributed by atoms with Crippen LogP contribution in [0.15, 0.2) is 24.3 Å². The van der Waals surface area contributed by atoms with Crippen molar-refractivity contribution < 1.29 is 4.57 Å². The standard InChI is InChI=1S/C7H8NOP/c8-5-6-1-3-7(10-9)4-2-6/h1-4H,5,8H2/p+1. The van der Waals surface area contributed by atoms with E-state index in [0.717, 1.165) is 10.9 Å². The first-order valence-electron chi connectivity index (χ1n) is 3.04. The fourth-order valence-electron chi connectivity index (χ4n) is 0.709. The Morgan fingerprint density at radius 1 is 1.30 bits per heavy atom. The summed E-state index contributed by atoms with van der Waals surface area (Å²) in [7, 11) is -0.363. The van der Waals surface area contributed by atoms with Crippen LogP contribution >= 0.6 is 8.46 Å². The summed E-state index contributed by atoms with van der Waals surface area (Å²) in [6.07, 6.45) is 0. The smallest absolute Gasteiger partial charge is 0.326 e. The van der Waals surface area contributed by atoms with Gasteiger partial charge in [-0.25, -0.2) is 0 Å². The Balaban J connectivity index is 2.90. The highest BCUT2D eigenvalue weighted by molar-refractivity contribution is 7.34. The van der Waals surface area contributed by atoms with E-state index in [1.54, 1.807) is 0 Å². The monoisotopic (exact) mass is 154 g/mol. The van der Waals surface area contributed by atoms with Gasteiger partial charge < -0.3 is 5.73 Å². The lowest BCUT2D eigenvalue weighted by molar-refractivity contribution is 0.603. The average Bonchev–Trinajstić information content (AvgIpc) is 2.05. The van der Waals surface area contributed by atoms with Crippen LogP contribution in [-0.2, 0) is 11.1 Å². The molecule has 52 valence electrons. The summed E-state index contributed by atoms with van der Waals surface area (Å²) in [5, 5.41) is 0.845. The predicted molar refractivity (Wildman–Crippen MR) is 43.0 cm³/mol. The second-order valence-electron chi connectivity index (χ2n) is 2.00. The van der Waals surface area contributed by atoms with Gasteiger partial charge in [-0.15, -0.1) is 0 Å². The molecule has 0 bridgehead atoms. The molecule has 0 amide bonds. The van der Waals surface area contributed by atoms with Gasteiger partial charge >= 0.3 is 8.46 Å². The van der Waals surface area contributed by atoms with Gasteiger partial charge in [0.1, 0.15) is 0 Å². The number of hydrogen-bond donors (Lipinski definition) is 1. The molecule has 0 fully saturated rings. The van der Waals surface area contributed by atoms with Gasteiger partial charge in [-0.3, -0.25) is 0 Å². The maximum Gasteiger partial charge on any atom is 0.363 e. The van der Waals surface area contributed by atoms with Crippen molar-refractivity contribution >= 4 is 13.8 Å². The number of benzene rings is 1. The molecular weight excluding hydrogens is 145 g/mol. The SMILES string of the molecule is NCc1ccc([PH+]=O)cc1. The summed E-state index contributed by atoms with van der Waals surface area (Å²) in [4.78, 5) is 0. The molecule has 2 N–H and O–H groups in total. The maximum absolute atomic E-state index is 10.3. The van der Waals surface area contributed by atoms with Crippen molar-refractivity contribution in [3.63, 3.8) is 0 Å². The summed E-state index contributed by atoms with van der Waals surface area (Å²) in [6, 6.07) is 7.43. The average molecular weight is 154 g/mol. The van der Waals surface area contributed by atoms with Gasteiger partial charge in [-0.1, -0.05) is 16.7 Å². The molecule has 0 aliphatic carbocycles. The van der Waals surface area contributed by atoms with E-state index in [4.69, 9.17) is 5.73 Å². The van der Waals surface area contributed by atoms with E-state index in [1.807, 2.05) is 24.3 Å². The first-order chi connectivity index (χ1) is 4.86. The zero-order valence-corrected chi connectivity index (χ0v) is 6.50. The van der Waals surface area contributed by atoms with Crippen LogP contribution in [0.3, 0.4) is 0 Å². The molecule has 0 aromatic heterocycles. The van der Waals surface area contributed by atoms with E-state index in [0.29, 0.717) is 6.54 Å². The van der Waals surface area contributed by atoms with Gasteiger partial charge in [0.25, 0.3) is 0 Å². The van der Waals surface area contributed by atoms with Crippen molar-refractivity contribution in [1.29, 1.82) is 0 Å². The summed E-state index contributed by atoms with van der Waals surface area (Å²) in [5.74, 6) is 0. The lowest BCUT2D eigenvalue weighted by Crippen LogP contribution is -1.98. The van der Waals surface area contributed by atoms with E-state index >= 15 is 0 Å². The summed E-state index contributed by atoms with van der Waals surface area (Å²) in [5.41, 5.74) is 6.44. The normalized spacial score (nSPS) is 10.1. The third-order valence-corrected chi connectivity index (χ3v) is 1.88. The van der Waals surface area contributed by atoms with Gasteiger partial charge in [-0.2, -0.15) is 0 Å². The third kappa shape index (κ3) is 1.63. The molecule has 1 aromatic rings. The van der Waals surface area contributed by atoms with Crippen LogP contribution in [0.25, 0.3) is 0 Å². The van der Waals surface area contributed by atoms with Crippen LogP contribution in [0.4, 0.5) is 0 Å². The molecule has 10 heavy (non-hydrogen) atoms. The molecule has 1 atom stereocenters. The summed E-state index contributed by atoms with van der Waals surface area (Å²) in [6.45, 7) is 0.544. The Hall–Kier alpha value is -0.720. The molecule has 0 heterocycles. The van der Waals surface area contributed by atoms with Crippen molar-refractivity contribution in [1.82, 2.24) is 0 Å². The van der Waals surface area contributed by atoms with E-state index in [2.05, 4.69) is 0 Å². The van der Waals surface area contributed by atoms with Gasteiger partial charge in [0.15, 0.2) is 5.30 Å². The lowest BCUT2D eigenvalue weighted by atomic mass is 10.2.